The molecule has 3 aromatic rings. The SMILES string of the molecule is CNCCc1c(Br)n2c3cccc(Cl)c3nc2n1C. The van der Waals surface area contributed by atoms with Crippen LogP contribution in [0, 0.1) is 0 Å². The van der Waals surface area contributed by atoms with Crippen LogP contribution in [0.4, 0.5) is 0 Å². The monoisotopic (exact) mass is 340 g/mol. The van der Waals surface area contributed by atoms with Crippen LogP contribution in [0.2, 0.25) is 5.02 Å². The molecule has 0 radical (unpaired) electrons. The van der Waals surface area contributed by atoms with E-state index >= 15 is 0 Å². The summed E-state index contributed by atoms with van der Waals surface area (Å²) in [6.07, 6.45) is 0.943. The van der Waals surface area contributed by atoms with Gasteiger partial charge in [-0.15, -0.1) is 0 Å². The fourth-order valence-electron chi connectivity index (χ4n) is 2.37. The van der Waals surface area contributed by atoms with E-state index < -0.39 is 0 Å². The number of likely N-dealkylation sites (N-methyl/N-ethyl adjacent to an activating group) is 1. The normalized spacial score (nSPS) is 11.8. The molecule has 0 atom stereocenters. The zero-order valence-corrected chi connectivity index (χ0v) is 13.1. The second kappa shape index (κ2) is 4.81. The third-order valence-corrected chi connectivity index (χ3v) is 4.49. The number of imidazole rings is 2. The number of aryl methyl sites for hydroxylation is 1. The zero-order valence-electron chi connectivity index (χ0n) is 10.7. The molecular weight excluding hydrogens is 328 g/mol. The van der Waals surface area contributed by atoms with E-state index in [0.29, 0.717) is 5.02 Å². The summed E-state index contributed by atoms with van der Waals surface area (Å²) in [5.41, 5.74) is 3.09. The van der Waals surface area contributed by atoms with Crippen LogP contribution < -0.4 is 5.32 Å². The maximum atomic E-state index is 6.20. The van der Waals surface area contributed by atoms with Gasteiger partial charge in [0.1, 0.15) is 10.1 Å². The third kappa shape index (κ3) is 1.88. The highest BCUT2D eigenvalue weighted by Gasteiger charge is 2.18. The minimum absolute atomic E-state index is 0.685. The van der Waals surface area contributed by atoms with Gasteiger partial charge in [-0.3, -0.25) is 4.40 Å². The lowest BCUT2D eigenvalue weighted by atomic mass is 10.3. The number of benzene rings is 1. The van der Waals surface area contributed by atoms with E-state index in [4.69, 9.17) is 11.6 Å². The van der Waals surface area contributed by atoms with Crippen molar-refractivity contribution in [3.63, 3.8) is 0 Å². The summed E-state index contributed by atoms with van der Waals surface area (Å²) in [5.74, 6) is 0.904. The van der Waals surface area contributed by atoms with Gasteiger partial charge in [0.05, 0.1) is 16.2 Å². The lowest BCUT2D eigenvalue weighted by Gasteiger charge is -2.03. The molecule has 1 N–H and O–H groups in total. The Labute approximate surface area is 124 Å². The summed E-state index contributed by atoms with van der Waals surface area (Å²) in [5, 5.41) is 3.85. The molecule has 0 bridgehead atoms. The first-order valence-electron chi connectivity index (χ1n) is 6.09. The van der Waals surface area contributed by atoms with Crippen LogP contribution in [0.15, 0.2) is 22.8 Å². The molecule has 6 heteroatoms. The number of para-hydroxylation sites is 1. The Balaban J connectivity index is 2.32. The van der Waals surface area contributed by atoms with Crippen LogP contribution in [0.1, 0.15) is 5.69 Å². The molecule has 1 aromatic carbocycles. The van der Waals surface area contributed by atoms with Crippen molar-refractivity contribution in [3.8, 4) is 0 Å². The summed E-state index contributed by atoms with van der Waals surface area (Å²) < 4.78 is 5.26. The number of aromatic nitrogens is 3. The van der Waals surface area contributed by atoms with Gasteiger partial charge >= 0.3 is 0 Å². The van der Waals surface area contributed by atoms with Crippen LogP contribution in [-0.2, 0) is 13.5 Å². The first-order valence-corrected chi connectivity index (χ1v) is 7.26. The van der Waals surface area contributed by atoms with Crippen molar-refractivity contribution in [2.45, 2.75) is 6.42 Å². The number of nitrogens with zero attached hydrogens (tertiary/aromatic N) is 3. The first kappa shape index (κ1) is 13.0. The quantitative estimate of drug-likeness (QED) is 0.794. The Bertz CT molecular complexity index is 759. The zero-order chi connectivity index (χ0) is 13.6. The standard InChI is InChI=1S/C13H14BrClN4/c1-16-7-6-10-12(14)19-9-5-3-4-8(15)11(9)17-13(19)18(10)2/h3-5,16H,6-7H2,1-2H3. The second-order valence-electron chi connectivity index (χ2n) is 4.50. The van der Waals surface area contributed by atoms with Gasteiger partial charge in [0.15, 0.2) is 0 Å². The number of hydrogen-bond donors (Lipinski definition) is 1. The van der Waals surface area contributed by atoms with E-state index in [0.717, 1.165) is 34.4 Å². The summed E-state index contributed by atoms with van der Waals surface area (Å²) in [7, 11) is 3.99. The Kier molecular flexibility index (Phi) is 3.28. The molecule has 0 fully saturated rings. The fraction of sp³-hybridized carbons (Fsp3) is 0.308. The largest absolute Gasteiger partial charge is 0.319 e. The molecular formula is C13H14BrClN4. The fourth-order valence-corrected chi connectivity index (χ4v) is 3.40. The summed E-state index contributed by atoms with van der Waals surface area (Å²) >= 11 is 9.89. The van der Waals surface area contributed by atoms with Crippen molar-refractivity contribution in [2.75, 3.05) is 13.6 Å². The van der Waals surface area contributed by atoms with Crippen molar-refractivity contribution >= 4 is 44.3 Å². The maximum absolute atomic E-state index is 6.20. The predicted molar refractivity (Wildman–Crippen MR) is 82.0 cm³/mol. The predicted octanol–water partition coefficient (Wildman–Crippen LogP) is 3.00. The van der Waals surface area contributed by atoms with Crippen molar-refractivity contribution in [1.82, 2.24) is 19.3 Å². The molecule has 0 aliphatic heterocycles. The molecule has 100 valence electrons. The average molecular weight is 342 g/mol. The molecule has 0 amide bonds. The van der Waals surface area contributed by atoms with Crippen molar-refractivity contribution in [2.24, 2.45) is 7.05 Å². The maximum Gasteiger partial charge on any atom is 0.215 e. The van der Waals surface area contributed by atoms with Gasteiger partial charge in [0.25, 0.3) is 0 Å². The topological polar surface area (TPSA) is 34.3 Å². The summed E-state index contributed by atoms with van der Waals surface area (Å²) in [6.45, 7) is 0.929. The third-order valence-electron chi connectivity index (χ3n) is 3.37. The number of fused-ring (bicyclic) bond motifs is 3. The lowest BCUT2D eigenvalue weighted by molar-refractivity contribution is 0.741. The minimum atomic E-state index is 0.685. The highest BCUT2D eigenvalue weighted by atomic mass is 79.9. The van der Waals surface area contributed by atoms with E-state index in [1.54, 1.807) is 0 Å². The molecule has 2 heterocycles. The van der Waals surface area contributed by atoms with E-state index in [-0.39, 0.29) is 0 Å². The Morgan fingerprint density at radius 2 is 2.21 bits per heavy atom. The van der Waals surface area contributed by atoms with E-state index in [2.05, 4.69) is 35.2 Å². The summed E-state index contributed by atoms with van der Waals surface area (Å²) in [4.78, 5) is 4.65. The molecule has 2 aromatic heterocycles. The Morgan fingerprint density at radius 3 is 2.95 bits per heavy atom. The van der Waals surface area contributed by atoms with Crippen LogP contribution >= 0.6 is 27.5 Å². The van der Waals surface area contributed by atoms with Gasteiger partial charge in [-0.2, -0.15) is 0 Å². The van der Waals surface area contributed by atoms with Crippen LogP contribution in [0.5, 0.6) is 0 Å². The van der Waals surface area contributed by atoms with Gasteiger partial charge < -0.3 is 9.88 Å². The molecule has 0 aliphatic rings. The van der Waals surface area contributed by atoms with Gasteiger partial charge in [-0.25, -0.2) is 4.98 Å². The van der Waals surface area contributed by atoms with E-state index in [1.807, 2.05) is 32.3 Å². The highest BCUT2D eigenvalue weighted by molar-refractivity contribution is 9.10. The van der Waals surface area contributed by atoms with Gasteiger partial charge in [-0.1, -0.05) is 17.7 Å². The van der Waals surface area contributed by atoms with Crippen molar-refractivity contribution in [3.05, 3.63) is 33.5 Å². The Morgan fingerprint density at radius 1 is 1.42 bits per heavy atom. The highest BCUT2D eigenvalue weighted by Crippen LogP contribution is 2.30. The number of rotatable bonds is 3. The summed E-state index contributed by atoms with van der Waals surface area (Å²) in [6, 6.07) is 5.85. The van der Waals surface area contributed by atoms with Gasteiger partial charge in [0.2, 0.25) is 5.78 Å². The van der Waals surface area contributed by atoms with Crippen molar-refractivity contribution in [1.29, 1.82) is 0 Å². The number of halogens is 2. The first-order chi connectivity index (χ1) is 9.15. The second-order valence-corrected chi connectivity index (χ2v) is 5.66. The van der Waals surface area contributed by atoms with Crippen LogP contribution in [-0.4, -0.2) is 27.5 Å². The molecule has 4 nitrogen and oxygen atoms in total. The Hall–Kier alpha value is -1.04. The minimum Gasteiger partial charge on any atom is -0.319 e. The van der Waals surface area contributed by atoms with Gasteiger partial charge in [-0.05, 0) is 35.1 Å². The van der Waals surface area contributed by atoms with Crippen LogP contribution in [0.3, 0.4) is 0 Å². The number of hydrogen-bond acceptors (Lipinski definition) is 2. The number of nitrogens with one attached hydrogen (secondary N) is 1. The van der Waals surface area contributed by atoms with E-state index in [9.17, 15) is 0 Å². The average Bonchev–Trinajstić information content (AvgIpc) is 2.88. The van der Waals surface area contributed by atoms with Crippen molar-refractivity contribution < 1.29 is 0 Å². The van der Waals surface area contributed by atoms with Gasteiger partial charge in [0, 0.05) is 20.0 Å². The molecule has 19 heavy (non-hydrogen) atoms. The molecule has 0 saturated carbocycles. The molecule has 0 aliphatic carbocycles. The van der Waals surface area contributed by atoms with E-state index in [1.165, 1.54) is 5.69 Å². The molecule has 0 unspecified atom stereocenters. The lowest BCUT2D eigenvalue weighted by Crippen LogP contribution is -2.12. The molecule has 3 rings (SSSR count). The smallest absolute Gasteiger partial charge is 0.215 e. The molecule has 0 spiro atoms. The van der Waals surface area contributed by atoms with Crippen LogP contribution in [0.25, 0.3) is 16.8 Å². The molecule has 0 saturated heterocycles.